The van der Waals surface area contributed by atoms with Crippen LogP contribution in [0.15, 0.2) is 42.7 Å². The third kappa shape index (κ3) is 4.51. The van der Waals surface area contributed by atoms with Crippen molar-refractivity contribution < 1.29 is 14.0 Å². The Morgan fingerprint density at radius 1 is 1.08 bits per heavy atom. The number of nitrogens with one attached hydrogen (secondary N) is 2. The minimum Gasteiger partial charge on any atom is -0.354 e. The molecule has 3 unspecified atom stereocenters. The van der Waals surface area contributed by atoms with Gasteiger partial charge in [-0.1, -0.05) is 30.5 Å². The van der Waals surface area contributed by atoms with Crippen LogP contribution in [0, 0.1) is 34.9 Å². The fourth-order valence-electron chi connectivity index (χ4n) is 8.69. The molecule has 0 spiro atoms. The van der Waals surface area contributed by atoms with Crippen LogP contribution in [0.3, 0.4) is 0 Å². The van der Waals surface area contributed by atoms with E-state index >= 15 is 0 Å². The van der Waals surface area contributed by atoms with Crippen molar-refractivity contribution in [3.05, 3.63) is 59.1 Å². The van der Waals surface area contributed by atoms with Gasteiger partial charge in [-0.2, -0.15) is 0 Å². The van der Waals surface area contributed by atoms with Crippen molar-refractivity contribution in [3.8, 4) is 0 Å². The van der Waals surface area contributed by atoms with Gasteiger partial charge < -0.3 is 16.4 Å². The van der Waals surface area contributed by atoms with E-state index in [2.05, 4.69) is 15.6 Å². The molecule has 7 rings (SSSR count). The first-order valence-corrected chi connectivity index (χ1v) is 14.4. The molecule has 2 aromatic rings. The van der Waals surface area contributed by atoms with E-state index in [9.17, 15) is 14.0 Å². The van der Waals surface area contributed by atoms with E-state index in [1.807, 2.05) is 12.1 Å². The molecule has 5 aliphatic carbocycles. The topological polar surface area (TPSA) is 97.1 Å². The zero-order valence-corrected chi connectivity index (χ0v) is 22.4. The molecule has 5 aliphatic rings. The number of hydrogen-bond donors (Lipinski definition) is 3. The highest BCUT2D eigenvalue weighted by Gasteiger charge is 2.60. The quantitative estimate of drug-likeness (QED) is 0.451. The van der Waals surface area contributed by atoms with Gasteiger partial charge in [0, 0.05) is 35.1 Å². The number of pyridine rings is 1. The van der Waals surface area contributed by atoms with Crippen molar-refractivity contribution in [2.45, 2.75) is 69.2 Å². The third-order valence-corrected chi connectivity index (χ3v) is 10.5. The standard InChI is InChI=1S/C30H36ClFN4O2/c31-24-13-21(32)3-4-23(24)29(7-1-2-8-29)17-35-27(37)26(33)25-19-11-18-12-20(25)16-30(14-18,15-19)28(38)36-22-5-9-34-10-6-22/h3-6,9-10,13,18-20,25-26H,1-2,7-8,11-12,14-17,33H2,(H,35,37)(H,34,36,38). The van der Waals surface area contributed by atoms with Crippen molar-refractivity contribution in [2.75, 3.05) is 11.9 Å². The van der Waals surface area contributed by atoms with Crippen molar-refractivity contribution in [2.24, 2.45) is 34.8 Å². The highest BCUT2D eigenvalue weighted by molar-refractivity contribution is 6.31. The average Bonchev–Trinajstić information content (AvgIpc) is 3.37. The lowest BCUT2D eigenvalue weighted by molar-refractivity contribution is -0.151. The van der Waals surface area contributed by atoms with E-state index < -0.39 is 6.04 Å². The van der Waals surface area contributed by atoms with E-state index in [-0.39, 0.29) is 46.2 Å². The number of nitrogens with two attached hydrogens (primary N) is 1. The minimum absolute atomic E-state index is 0.0855. The summed E-state index contributed by atoms with van der Waals surface area (Å²) < 4.78 is 13.7. The first-order valence-electron chi connectivity index (χ1n) is 14.0. The largest absolute Gasteiger partial charge is 0.354 e. The number of anilines is 1. The Kier molecular flexibility index (Phi) is 6.71. The van der Waals surface area contributed by atoms with Gasteiger partial charge in [-0.25, -0.2) is 4.39 Å². The van der Waals surface area contributed by atoms with E-state index in [4.69, 9.17) is 17.3 Å². The number of halogens is 2. The molecule has 1 aromatic heterocycles. The fraction of sp³-hybridized carbons (Fsp3) is 0.567. The second kappa shape index (κ2) is 9.91. The van der Waals surface area contributed by atoms with Gasteiger partial charge in [0.25, 0.3) is 0 Å². The molecule has 38 heavy (non-hydrogen) atoms. The summed E-state index contributed by atoms with van der Waals surface area (Å²) in [6.45, 7) is 0.452. The zero-order valence-electron chi connectivity index (χ0n) is 21.6. The molecule has 2 amide bonds. The lowest BCUT2D eigenvalue weighted by atomic mass is 9.45. The van der Waals surface area contributed by atoms with Gasteiger partial charge in [-0.3, -0.25) is 14.6 Å². The SMILES string of the molecule is NC(C(=O)NCC1(c2ccc(F)cc2Cl)CCCC1)C1C2CC3CC1CC(C(=O)Nc1ccncc1)(C3)C2. The van der Waals surface area contributed by atoms with Crippen molar-refractivity contribution in [1.29, 1.82) is 0 Å². The summed E-state index contributed by atoms with van der Waals surface area (Å²) in [5, 5.41) is 6.72. The van der Waals surface area contributed by atoms with Crippen LogP contribution < -0.4 is 16.4 Å². The molecule has 4 bridgehead atoms. The highest BCUT2D eigenvalue weighted by atomic mass is 35.5. The summed E-state index contributed by atoms with van der Waals surface area (Å²) in [4.78, 5) is 31.0. The van der Waals surface area contributed by atoms with Crippen LogP contribution in [-0.2, 0) is 15.0 Å². The minimum atomic E-state index is -0.604. The molecule has 202 valence electrons. The van der Waals surface area contributed by atoms with Crippen LogP contribution >= 0.6 is 11.6 Å². The molecule has 5 fully saturated rings. The van der Waals surface area contributed by atoms with E-state index in [0.717, 1.165) is 69.0 Å². The molecule has 0 aliphatic heterocycles. The number of nitrogens with zero attached hydrogens (tertiary/aromatic N) is 1. The van der Waals surface area contributed by atoms with Crippen LogP contribution in [0.4, 0.5) is 10.1 Å². The number of amides is 2. The third-order valence-electron chi connectivity index (χ3n) is 10.1. The van der Waals surface area contributed by atoms with Crippen molar-refractivity contribution in [3.63, 3.8) is 0 Å². The van der Waals surface area contributed by atoms with Crippen LogP contribution in [0.25, 0.3) is 0 Å². The number of hydrogen-bond acceptors (Lipinski definition) is 4. The van der Waals surface area contributed by atoms with Gasteiger partial charge in [0.2, 0.25) is 11.8 Å². The summed E-state index contributed by atoms with van der Waals surface area (Å²) in [5.41, 5.74) is 7.72. The molecular formula is C30H36ClFN4O2. The Morgan fingerprint density at radius 3 is 2.42 bits per heavy atom. The van der Waals surface area contributed by atoms with Crippen LogP contribution in [0.2, 0.25) is 5.02 Å². The number of benzene rings is 1. The molecule has 1 heterocycles. The van der Waals surface area contributed by atoms with Crippen molar-refractivity contribution >= 4 is 29.1 Å². The van der Waals surface area contributed by atoms with Crippen LogP contribution in [0.1, 0.15) is 63.4 Å². The normalized spacial score (nSPS) is 31.7. The molecule has 0 saturated heterocycles. The Labute approximate surface area is 228 Å². The first kappa shape index (κ1) is 25.8. The Morgan fingerprint density at radius 2 is 1.76 bits per heavy atom. The summed E-state index contributed by atoms with van der Waals surface area (Å²) in [7, 11) is 0. The van der Waals surface area contributed by atoms with Gasteiger partial charge in [0.1, 0.15) is 5.82 Å². The van der Waals surface area contributed by atoms with Gasteiger partial charge in [0.05, 0.1) is 11.5 Å². The van der Waals surface area contributed by atoms with E-state index in [0.29, 0.717) is 17.5 Å². The second-order valence-corrected chi connectivity index (χ2v) is 12.8. The maximum atomic E-state index is 13.7. The Balaban J connectivity index is 1.14. The molecule has 5 saturated carbocycles. The summed E-state index contributed by atoms with van der Waals surface area (Å²) in [5.74, 6) is 0.773. The van der Waals surface area contributed by atoms with E-state index in [1.165, 1.54) is 12.1 Å². The average molecular weight is 539 g/mol. The lowest BCUT2D eigenvalue weighted by Gasteiger charge is -2.60. The maximum Gasteiger partial charge on any atom is 0.237 e. The smallest absolute Gasteiger partial charge is 0.237 e. The Hall–Kier alpha value is -2.51. The Bertz CT molecular complexity index is 1200. The van der Waals surface area contributed by atoms with Crippen molar-refractivity contribution in [1.82, 2.24) is 10.3 Å². The summed E-state index contributed by atoms with van der Waals surface area (Å²) >= 11 is 6.46. The molecular weight excluding hydrogens is 503 g/mol. The highest BCUT2D eigenvalue weighted by Crippen LogP contribution is 2.63. The fourth-order valence-corrected chi connectivity index (χ4v) is 9.06. The second-order valence-electron chi connectivity index (χ2n) is 12.4. The predicted octanol–water partition coefficient (Wildman–Crippen LogP) is 5.21. The number of aromatic nitrogens is 1. The summed E-state index contributed by atoms with van der Waals surface area (Å²) in [6, 6.07) is 7.61. The van der Waals surface area contributed by atoms with Crippen LogP contribution in [-0.4, -0.2) is 29.4 Å². The van der Waals surface area contributed by atoms with Gasteiger partial charge in [0.15, 0.2) is 0 Å². The molecule has 1 aromatic carbocycles. The monoisotopic (exact) mass is 538 g/mol. The molecule has 4 N–H and O–H groups in total. The maximum absolute atomic E-state index is 13.7. The van der Waals surface area contributed by atoms with Gasteiger partial charge >= 0.3 is 0 Å². The van der Waals surface area contributed by atoms with E-state index in [1.54, 1.807) is 18.5 Å². The molecule has 0 radical (unpaired) electrons. The molecule has 6 nitrogen and oxygen atoms in total. The lowest BCUT2D eigenvalue weighted by Crippen LogP contribution is -2.61. The zero-order chi connectivity index (χ0) is 26.5. The first-order chi connectivity index (χ1) is 18.3. The number of rotatable bonds is 7. The summed E-state index contributed by atoms with van der Waals surface area (Å²) in [6.07, 6.45) is 11.9. The predicted molar refractivity (Wildman–Crippen MR) is 145 cm³/mol. The number of carbonyl (C=O) groups excluding carboxylic acids is 2. The van der Waals surface area contributed by atoms with Gasteiger partial charge in [-0.05, 0) is 98.4 Å². The molecule has 3 atom stereocenters. The number of carbonyl (C=O) groups is 2. The molecule has 8 heteroatoms. The van der Waals surface area contributed by atoms with Gasteiger partial charge in [-0.15, -0.1) is 0 Å². The van der Waals surface area contributed by atoms with Crippen LogP contribution in [0.5, 0.6) is 0 Å².